The lowest BCUT2D eigenvalue weighted by Gasteiger charge is -2.15. The molecule has 1 unspecified atom stereocenters. The van der Waals surface area contributed by atoms with Crippen LogP contribution in [0, 0.1) is 6.42 Å². The maximum Gasteiger partial charge on any atom is 0.264 e. The number of rotatable bonds is 25. The normalized spacial score (nSPS) is 13.0. The zero-order valence-corrected chi connectivity index (χ0v) is 21.6. The Morgan fingerprint density at radius 1 is 0.710 bits per heavy atom. The van der Waals surface area contributed by atoms with E-state index in [-0.39, 0.29) is 12.7 Å². The molecule has 1 radical (unpaired) electrons. The summed E-state index contributed by atoms with van der Waals surface area (Å²) in [7, 11) is -1.73. The van der Waals surface area contributed by atoms with Gasteiger partial charge >= 0.3 is 0 Å². The van der Waals surface area contributed by atoms with Crippen molar-refractivity contribution in [2.45, 2.75) is 122 Å². The molecule has 0 fully saturated rings. The molecular formula is C25H51O5S. The number of unbranched alkanes of at least 4 members (excludes halogenated alkanes) is 15. The fourth-order valence-corrected chi connectivity index (χ4v) is 4.04. The van der Waals surface area contributed by atoms with Crippen molar-refractivity contribution in [1.29, 1.82) is 0 Å². The second-order valence-corrected chi connectivity index (χ2v) is 10.3. The first kappa shape index (κ1) is 30.8. The van der Waals surface area contributed by atoms with Crippen LogP contribution < -0.4 is 0 Å². The van der Waals surface area contributed by atoms with Crippen molar-refractivity contribution in [2.75, 3.05) is 33.2 Å². The molecule has 0 heterocycles. The molecule has 5 nitrogen and oxygen atoms in total. The van der Waals surface area contributed by atoms with Crippen LogP contribution in [0.4, 0.5) is 0 Å². The van der Waals surface area contributed by atoms with E-state index in [0.29, 0.717) is 13.0 Å². The minimum atomic E-state index is -3.37. The van der Waals surface area contributed by atoms with Gasteiger partial charge in [0.2, 0.25) is 0 Å². The number of hydrogen-bond acceptors (Lipinski definition) is 5. The van der Waals surface area contributed by atoms with Crippen LogP contribution in [0.2, 0.25) is 0 Å². The predicted molar refractivity (Wildman–Crippen MR) is 131 cm³/mol. The highest BCUT2D eigenvalue weighted by Gasteiger charge is 2.09. The molecule has 31 heavy (non-hydrogen) atoms. The molecule has 0 rings (SSSR count). The molecule has 187 valence electrons. The Morgan fingerprint density at radius 2 is 1.16 bits per heavy atom. The van der Waals surface area contributed by atoms with E-state index in [0.717, 1.165) is 19.3 Å². The molecule has 0 aromatic carbocycles. The Labute approximate surface area is 194 Å². The van der Waals surface area contributed by atoms with Crippen LogP contribution in [-0.4, -0.2) is 47.7 Å². The zero-order chi connectivity index (χ0) is 23.0. The second-order valence-electron chi connectivity index (χ2n) is 8.70. The summed E-state index contributed by atoms with van der Waals surface area (Å²) in [6.45, 7) is 3.69. The SMILES string of the molecule is CCCCCCCCCCCCCCCCCCOCC([CH]CCOS(C)(=O)=O)OC. The van der Waals surface area contributed by atoms with Gasteiger partial charge in [-0.2, -0.15) is 8.42 Å². The van der Waals surface area contributed by atoms with Gasteiger partial charge in [-0.15, -0.1) is 0 Å². The molecule has 0 aliphatic rings. The van der Waals surface area contributed by atoms with Gasteiger partial charge in [0, 0.05) is 13.7 Å². The van der Waals surface area contributed by atoms with Crippen LogP contribution in [0.15, 0.2) is 0 Å². The van der Waals surface area contributed by atoms with E-state index in [4.69, 9.17) is 13.7 Å². The summed E-state index contributed by atoms with van der Waals surface area (Å²) >= 11 is 0. The molecule has 0 aromatic rings. The highest BCUT2D eigenvalue weighted by molar-refractivity contribution is 7.85. The van der Waals surface area contributed by atoms with Crippen LogP contribution in [0.3, 0.4) is 0 Å². The highest BCUT2D eigenvalue weighted by atomic mass is 32.2. The van der Waals surface area contributed by atoms with E-state index in [1.54, 1.807) is 7.11 Å². The molecule has 0 N–H and O–H groups in total. The number of methoxy groups -OCH3 is 1. The Kier molecular flexibility index (Phi) is 22.9. The lowest BCUT2D eigenvalue weighted by molar-refractivity contribution is 0.0217. The number of ether oxygens (including phenoxy) is 2. The smallest absolute Gasteiger partial charge is 0.264 e. The van der Waals surface area contributed by atoms with E-state index in [1.807, 2.05) is 6.42 Å². The molecular weight excluding hydrogens is 412 g/mol. The molecule has 0 bridgehead atoms. The summed E-state index contributed by atoms with van der Waals surface area (Å²) in [5.74, 6) is 0. The van der Waals surface area contributed by atoms with E-state index in [1.165, 1.54) is 96.3 Å². The summed E-state index contributed by atoms with van der Waals surface area (Å²) in [6.07, 6.45) is 25.2. The minimum Gasteiger partial charge on any atom is -0.379 e. The predicted octanol–water partition coefficient (Wildman–Crippen LogP) is 6.85. The van der Waals surface area contributed by atoms with Crippen molar-refractivity contribution < 1.29 is 22.1 Å². The molecule has 1 atom stereocenters. The maximum atomic E-state index is 10.9. The fraction of sp³-hybridized carbons (Fsp3) is 0.960. The van der Waals surface area contributed by atoms with Crippen molar-refractivity contribution in [3.8, 4) is 0 Å². The molecule has 0 saturated heterocycles. The summed E-state index contributed by atoms with van der Waals surface area (Å²) in [4.78, 5) is 0. The topological polar surface area (TPSA) is 61.8 Å². The van der Waals surface area contributed by atoms with Crippen molar-refractivity contribution in [3.63, 3.8) is 0 Å². The molecule has 0 amide bonds. The van der Waals surface area contributed by atoms with Gasteiger partial charge in [0.25, 0.3) is 10.1 Å². The van der Waals surface area contributed by atoms with Gasteiger partial charge < -0.3 is 9.47 Å². The lowest BCUT2D eigenvalue weighted by atomic mass is 10.0. The van der Waals surface area contributed by atoms with Crippen LogP contribution >= 0.6 is 0 Å². The van der Waals surface area contributed by atoms with E-state index < -0.39 is 10.1 Å². The van der Waals surface area contributed by atoms with E-state index >= 15 is 0 Å². The largest absolute Gasteiger partial charge is 0.379 e. The first-order valence-corrected chi connectivity index (χ1v) is 14.6. The third-order valence-corrected chi connectivity index (χ3v) is 6.17. The Bertz CT molecular complexity index is 453. The van der Waals surface area contributed by atoms with Gasteiger partial charge in [-0.1, -0.05) is 103 Å². The lowest BCUT2D eigenvalue weighted by Crippen LogP contribution is -2.20. The van der Waals surface area contributed by atoms with E-state index in [9.17, 15) is 8.42 Å². The first-order chi connectivity index (χ1) is 15.0. The van der Waals surface area contributed by atoms with Gasteiger partial charge in [0.15, 0.2) is 0 Å². The minimum absolute atomic E-state index is 0.121. The van der Waals surface area contributed by atoms with Crippen LogP contribution in [0.1, 0.15) is 116 Å². The average molecular weight is 464 g/mol. The summed E-state index contributed by atoms with van der Waals surface area (Å²) in [5, 5.41) is 0. The van der Waals surface area contributed by atoms with Crippen molar-refractivity contribution in [3.05, 3.63) is 6.42 Å². The van der Waals surface area contributed by atoms with Crippen LogP contribution in [0.5, 0.6) is 0 Å². The second kappa shape index (κ2) is 23.0. The van der Waals surface area contributed by atoms with Crippen LogP contribution in [0.25, 0.3) is 0 Å². The summed E-state index contributed by atoms with van der Waals surface area (Å²) in [6, 6.07) is 0. The molecule has 0 aliphatic carbocycles. The van der Waals surface area contributed by atoms with Gasteiger partial charge in [0.05, 0.1) is 25.6 Å². The zero-order valence-electron chi connectivity index (χ0n) is 20.7. The summed E-state index contributed by atoms with van der Waals surface area (Å²) < 4.78 is 37.5. The standard InChI is InChI=1S/C25H51O5S/c1-4-5-6-7-8-9-10-11-12-13-14-15-16-17-18-19-22-29-24-25(28-2)21-20-23-30-31(3,26)27/h21,25H,4-20,22-24H2,1-3H3. The Morgan fingerprint density at radius 3 is 1.58 bits per heavy atom. The first-order valence-electron chi connectivity index (χ1n) is 12.8. The van der Waals surface area contributed by atoms with Crippen molar-refractivity contribution in [1.82, 2.24) is 0 Å². The van der Waals surface area contributed by atoms with Crippen molar-refractivity contribution in [2.24, 2.45) is 0 Å². The van der Waals surface area contributed by atoms with E-state index in [2.05, 4.69) is 6.92 Å². The van der Waals surface area contributed by atoms with Gasteiger partial charge in [-0.25, -0.2) is 0 Å². The van der Waals surface area contributed by atoms with Gasteiger partial charge in [0.1, 0.15) is 0 Å². The fourth-order valence-electron chi connectivity index (χ4n) is 3.64. The van der Waals surface area contributed by atoms with Crippen molar-refractivity contribution >= 4 is 10.1 Å². The molecule has 6 heteroatoms. The van der Waals surface area contributed by atoms with Crippen LogP contribution in [-0.2, 0) is 23.8 Å². The Balaban J connectivity index is 3.26. The van der Waals surface area contributed by atoms with Gasteiger partial charge in [-0.3, -0.25) is 4.18 Å². The quantitative estimate of drug-likeness (QED) is 0.109. The van der Waals surface area contributed by atoms with Gasteiger partial charge in [-0.05, 0) is 19.3 Å². The molecule has 0 spiro atoms. The Hall–Kier alpha value is -0.170. The molecule has 0 aliphatic heterocycles. The third-order valence-electron chi connectivity index (χ3n) is 5.57. The molecule has 0 aromatic heterocycles. The average Bonchev–Trinajstić information content (AvgIpc) is 2.73. The maximum absolute atomic E-state index is 10.9. The highest BCUT2D eigenvalue weighted by Crippen LogP contribution is 2.13. The summed E-state index contributed by atoms with van der Waals surface area (Å²) in [5.41, 5.74) is 0. The monoisotopic (exact) mass is 463 g/mol. The third kappa shape index (κ3) is 26.0. The molecule has 0 saturated carbocycles. The number of hydrogen-bond donors (Lipinski definition) is 0.